The minimum Gasteiger partial charge on any atom is -0.384 e. The third-order valence-electron chi connectivity index (χ3n) is 12.0. The van der Waals surface area contributed by atoms with Crippen LogP contribution < -0.4 is 5.73 Å². The number of nitrogens with two attached hydrogens (primary N) is 1. The van der Waals surface area contributed by atoms with Gasteiger partial charge in [-0.1, -0.05) is 89.8 Å². The Bertz CT molecular complexity index is 1010. The standard InChI is InChI=1S/C35H54N2O/c1-23(2)7-6-8-24(3)30-15-16-31-29-14-13-27-21-28(38-22-25-9-11-26(12-10-25)33(36)37)17-19-34(27,4)32(29)18-20-35(30,31)5/h9-13,23-24,28-32H,6-8,14-22H2,1-5H3,(H3,36,37)/t24-,28?,29?,30-,31?,32?,34+,35-/m1/s1. The number of amidine groups is 1. The van der Waals surface area contributed by atoms with Gasteiger partial charge >= 0.3 is 0 Å². The van der Waals surface area contributed by atoms with Crippen LogP contribution in [0.25, 0.3) is 0 Å². The van der Waals surface area contributed by atoms with E-state index in [0.29, 0.717) is 23.5 Å². The number of nitrogen functional groups attached to an aromatic ring is 1. The lowest BCUT2D eigenvalue weighted by Gasteiger charge is -2.58. The molecule has 3 nitrogen and oxygen atoms in total. The van der Waals surface area contributed by atoms with Gasteiger partial charge in [0.1, 0.15) is 5.84 Å². The highest BCUT2D eigenvalue weighted by Gasteiger charge is 2.59. The smallest absolute Gasteiger partial charge is 0.122 e. The first-order valence-corrected chi connectivity index (χ1v) is 15.9. The van der Waals surface area contributed by atoms with Gasteiger partial charge in [0.05, 0.1) is 12.7 Å². The van der Waals surface area contributed by atoms with Gasteiger partial charge in [0.2, 0.25) is 0 Å². The predicted molar refractivity (Wildman–Crippen MR) is 159 cm³/mol. The van der Waals surface area contributed by atoms with E-state index in [1.807, 2.05) is 24.3 Å². The fourth-order valence-corrected chi connectivity index (χ4v) is 9.79. The van der Waals surface area contributed by atoms with Gasteiger partial charge < -0.3 is 10.5 Å². The molecule has 3 heteroatoms. The second kappa shape index (κ2) is 11.1. The van der Waals surface area contributed by atoms with E-state index in [0.717, 1.165) is 47.5 Å². The molecule has 0 amide bonds. The van der Waals surface area contributed by atoms with Crippen molar-refractivity contribution in [2.45, 2.75) is 118 Å². The van der Waals surface area contributed by atoms with E-state index in [4.69, 9.17) is 15.9 Å². The molecule has 4 aliphatic rings. The van der Waals surface area contributed by atoms with Crippen molar-refractivity contribution in [2.75, 3.05) is 0 Å². The van der Waals surface area contributed by atoms with Crippen molar-refractivity contribution >= 4 is 5.84 Å². The molecule has 8 atom stereocenters. The van der Waals surface area contributed by atoms with Gasteiger partial charge in [0.15, 0.2) is 0 Å². The number of benzene rings is 1. The maximum absolute atomic E-state index is 7.59. The maximum atomic E-state index is 7.59. The summed E-state index contributed by atoms with van der Waals surface area (Å²) in [5.74, 6) is 5.49. The molecule has 4 aliphatic carbocycles. The fourth-order valence-electron chi connectivity index (χ4n) is 9.79. The first kappa shape index (κ1) is 27.9. The van der Waals surface area contributed by atoms with Crippen LogP contribution in [-0.4, -0.2) is 11.9 Å². The van der Waals surface area contributed by atoms with Gasteiger partial charge in [-0.15, -0.1) is 0 Å². The van der Waals surface area contributed by atoms with Crippen molar-refractivity contribution in [1.29, 1.82) is 5.41 Å². The molecule has 1 aromatic carbocycles. The van der Waals surface area contributed by atoms with Gasteiger partial charge in [-0.2, -0.15) is 0 Å². The molecule has 3 fully saturated rings. The minimum absolute atomic E-state index is 0.124. The quantitative estimate of drug-likeness (QED) is 0.195. The van der Waals surface area contributed by atoms with Crippen LogP contribution >= 0.6 is 0 Å². The Morgan fingerprint density at radius 2 is 1.76 bits per heavy atom. The summed E-state index contributed by atoms with van der Waals surface area (Å²) in [7, 11) is 0. The number of ether oxygens (including phenoxy) is 1. The van der Waals surface area contributed by atoms with E-state index in [-0.39, 0.29) is 5.84 Å². The molecule has 0 spiro atoms. The van der Waals surface area contributed by atoms with E-state index >= 15 is 0 Å². The van der Waals surface area contributed by atoms with Crippen molar-refractivity contribution in [3.63, 3.8) is 0 Å². The number of rotatable bonds is 9. The van der Waals surface area contributed by atoms with E-state index < -0.39 is 0 Å². The molecule has 0 aliphatic heterocycles. The Morgan fingerprint density at radius 1 is 1.00 bits per heavy atom. The first-order chi connectivity index (χ1) is 18.1. The van der Waals surface area contributed by atoms with Crippen LogP contribution in [0.5, 0.6) is 0 Å². The highest BCUT2D eigenvalue weighted by atomic mass is 16.5. The largest absolute Gasteiger partial charge is 0.384 e. The molecule has 0 heterocycles. The van der Waals surface area contributed by atoms with E-state index in [1.165, 1.54) is 69.8 Å². The number of fused-ring (bicyclic) bond motifs is 5. The molecular weight excluding hydrogens is 464 g/mol. The van der Waals surface area contributed by atoms with Crippen molar-refractivity contribution in [3.8, 4) is 0 Å². The van der Waals surface area contributed by atoms with Gasteiger partial charge in [-0.3, -0.25) is 5.41 Å². The molecule has 3 saturated carbocycles. The van der Waals surface area contributed by atoms with Gasteiger partial charge in [0.25, 0.3) is 0 Å². The third kappa shape index (κ3) is 5.26. The Labute approximate surface area is 232 Å². The molecule has 0 radical (unpaired) electrons. The second-order valence-corrected chi connectivity index (χ2v) is 14.6. The zero-order chi connectivity index (χ0) is 27.1. The topological polar surface area (TPSA) is 59.1 Å². The van der Waals surface area contributed by atoms with Crippen LogP contribution in [0.15, 0.2) is 35.9 Å². The average molecular weight is 519 g/mol. The zero-order valence-electron chi connectivity index (χ0n) is 24.9. The molecule has 0 aromatic heterocycles. The van der Waals surface area contributed by atoms with Crippen LogP contribution in [-0.2, 0) is 11.3 Å². The van der Waals surface area contributed by atoms with Crippen LogP contribution in [0.3, 0.4) is 0 Å². The van der Waals surface area contributed by atoms with E-state index in [1.54, 1.807) is 5.57 Å². The van der Waals surface area contributed by atoms with Crippen molar-refractivity contribution in [2.24, 2.45) is 52.1 Å². The summed E-state index contributed by atoms with van der Waals surface area (Å²) in [6.45, 7) is 13.3. The van der Waals surface area contributed by atoms with Gasteiger partial charge in [-0.25, -0.2) is 0 Å². The Balaban J connectivity index is 1.21. The Kier molecular flexibility index (Phi) is 8.17. The minimum atomic E-state index is 0.124. The summed E-state index contributed by atoms with van der Waals surface area (Å²) in [6.07, 6.45) is 18.0. The van der Waals surface area contributed by atoms with E-state index in [9.17, 15) is 0 Å². The van der Waals surface area contributed by atoms with Gasteiger partial charge in [0, 0.05) is 5.56 Å². The first-order valence-electron chi connectivity index (χ1n) is 15.9. The molecule has 38 heavy (non-hydrogen) atoms. The summed E-state index contributed by atoms with van der Waals surface area (Å²) in [5, 5.41) is 7.59. The van der Waals surface area contributed by atoms with Crippen LogP contribution in [0.1, 0.15) is 116 Å². The van der Waals surface area contributed by atoms with Gasteiger partial charge in [-0.05, 0) is 103 Å². The maximum Gasteiger partial charge on any atom is 0.122 e. The van der Waals surface area contributed by atoms with E-state index in [2.05, 4.69) is 40.7 Å². The highest BCUT2D eigenvalue weighted by Crippen LogP contribution is 2.67. The highest BCUT2D eigenvalue weighted by molar-refractivity contribution is 5.94. The number of nitrogens with one attached hydrogen (secondary N) is 1. The lowest BCUT2D eigenvalue weighted by molar-refractivity contribution is -0.0656. The number of hydrogen-bond donors (Lipinski definition) is 2. The van der Waals surface area contributed by atoms with Crippen LogP contribution in [0, 0.1) is 51.7 Å². The normalized spacial score (nSPS) is 37.2. The van der Waals surface area contributed by atoms with Crippen molar-refractivity contribution in [3.05, 3.63) is 47.0 Å². The molecule has 3 N–H and O–H groups in total. The summed E-state index contributed by atoms with van der Waals surface area (Å²) in [6, 6.07) is 7.96. The number of allylic oxidation sites excluding steroid dienone is 1. The number of hydrogen-bond acceptors (Lipinski definition) is 2. The monoisotopic (exact) mass is 518 g/mol. The predicted octanol–water partition coefficient (Wildman–Crippen LogP) is 8.90. The molecule has 210 valence electrons. The lowest BCUT2D eigenvalue weighted by Crippen LogP contribution is -2.51. The molecular formula is C35H54N2O. The SMILES string of the molecule is CC(C)CCC[C@@H](C)[C@H]1CCC2C3CC=C4CC(OCc5ccc(C(=N)N)cc5)CC[C@]4(C)C3CC[C@@]21C. The summed E-state index contributed by atoms with van der Waals surface area (Å²) in [5.41, 5.74) is 10.2. The Morgan fingerprint density at radius 3 is 2.47 bits per heavy atom. The van der Waals surface area contributed by atoms with Crippen LogP contribution in [0.2, 0.25) is 0 Å². The molecule has 0 saturated heterocycles. The lowest BCUT2D eigenvalue weighted by atomic mass is 9.47. The zero-order valence-corrected chi connectivity index (χ0v) is 24.9. The van der Waals surface area contributed by atoms with Crippen molar-refractivity contribution in [1.82, 2.24) is 0 Å². The van der Waals surface area contributed by atoms with Crippen LogP contribution in [0.4, 0.5) is 0 Å². The molecule has 4 unspecified atom stereocenters. The molecule has 1 aromatic rings. The molecule has 5 rings (SSSR count). The Hall–Kier alpha value is -1.61. The molecule has 0 bridgehead atoms. The fraction of sp³-hybridized carbons (Fsp3) is 0.743. The summed E-state index contributed by atoms with van der Waals surface area (Å²) >= 11 is 0. The summed E-state index contributed by atoms with van der Waals surface area (Å²) in [4.78, 5) is 0. The average Bonchev–Trinajstić information content (AvgIpc) is 3.24. The second-order valence-electron chi connectivity index (χ2n) is 14.6. The summed E-state index contributed by atoms with van der Waals surface area (Å²) < 4.78 is 6.45. The third-order valence-corrected chi connectivity index (χ3v) is 12.0. The van der Waals surface area contributed by atoms with Crippen molar-refractivity contribution < 1.29 is 4.74 Å².